The predicted octanol–water partition coefficient (Wildman–Crippen LogP) is 5.74. The van der Waals surface area contributed by atoms with Crippen LogP contribution in [0.25, 0.3) is 33.6 Å². The fourth-order valence-corrected chi connectivity index (χ4v) is 4.34. The summed E-state index contributed by atoms with van der Waals surface area (Å²) in [6.07, 6.45) is 1.03. The van der Waals surface area contributed by atoms with E-state index in [4.69, 9.17) is 9.97 Å². The zero-order chi connectivity index (χ0) is 20.7. The van der Waals surface area contributed by atoms with Gasteiger partial charge < -0.3 is 9.13 Å². The van der Waals surface area contributed by atoms with Gasteiger partial charge in [0.1, 0.15) is 17.3 Å². The van der Waals surface area contributed by atoms with Gasteiger partial charge in [0.2, 0.25) is 0 Å². The average Bonchev–Trinajstić information content (AvgIpc) is 3.44. The second-order valence-corrected chi connectivity index (χ2v) is 8.60. The Balaban J connectivity index is 1.66. The maximum Gasteiger partial charge on any atom is 0.161 e. The number of thiazole rings is 1. The van der Waals surface area contributed by atoms with Crippen LogP contribution in [-0.4, -0.2) is 24.1 Å². The van der Waals surface area contributed by atoms with Crippen LogP contribution < -0.4 is 0 Å². The Morgan fingerprint density at radius 3 is 2.63 bits per heavy atom. The van der Waals surface area contributed by atoms with Gasteiger partial charge in [0.15, 0.2) is 5.82 Å². The number of hydrogen-bond donors (Lipinski definition) is 0. The molecule has 5 rings (SSSR count). The largest absolute Gasteiger partial charge is 0.326 e. The lowest BCUT2D eigenvalue weighted by atomic mass is 10.1. The molecule has 5 aromatic rings. The van der Waals surface area contributed by atoms with Crippen LogP contribution in [0.4, 0.5) is 4.39 Å². The number of benzene rings is 2. The Bertz CT molecular complexity index is 1320. The lowest BCUT2D eigenvalue weighted by Gasteiger charge is -2.13. The lowest BCUT2D eigenvalue weighted by Crippen LogP contribution is -2.11. The third kappa shape index (κ3) is 3.39. The molecule has 3 aromatic heterocycles. The Kier molecular flexibility index (Phi) is 4.83. The molecular formula is C23H22FN5S. The molecule has 0 atom stereocenters. The summed E-state index contributed by atoms with van der Waals surface area (Å²) in [4.78, 5) is 14.1. The molecule has 0 radical (unpaired) electrons. The zero-order valence-corrected chi connectivity index (χ0v) is 17.7. The number of aryl methyl sites for hydroxylation is 1. The van der Waals surface area contributed by atoms with Gasteiger partial charge in [-0.2, -0.15) is 0 Å². The maximum absolute atomic E-state index is 13.9. The second kappa shape index (κ2) is 7.65. The third-order valence-corrected chi connectivity index (χ3v) is 5.92. The van der Waals surface area contributed by atoms with Crippen LogP contribution in [0.5, 0.6) is 0 Å². The Hall–Kier alpha value is -3.06. The second-order valence-electron chi connectivity index (χ2n) is 7.88. The van der Waals surface area contributed by atoms with Crippen molar-refractivity contribution in [3.05, 3.63) is 65.0 Å². The van der Waals surface area contributed by atoms with Crippen molar-refractivity contribution in [2.45, 2.75) is 33.4 Å². The molecule has 0 spiro atoms. The molecule has 0 fully saturated rings. The maximum atomic E-state index is 13.9. The molecule has 0 saturated carbocycles. The van der Waals surface area contributed by atoms with E-state index in [2.05, 4.69) is 34.0 Å². The third-order valence-electron chi connectivity index (χ3n) is 5.33. The van der Waals surface area contributed by atoms with Gasteiger partial charge in [0, 0.05) is 18.0 Å². The van der Waals surface area contributed by atoms with Crippen molar-refractivity contribution < 1.29 is 4.39 Å². The molecule has 0 N–H and O–H groups in total. The van der Waals surface area contributed by atoms with E-state index in [-0.39, 0.29) is 5.82 Å². The van der Waals surface area contributed by atoms with Crippen LogP contribution in [0.2, 0.25) is 0 Å². The molecule has 5 nitrogen and oxygen atoms in total. The first-order chi connectivity index (χ1) is 14.6. The van der Waals surface area contributed by atoms with E-state index < -0.39 is 0 Å². The van der Waals surface area contributed by atoms with Gasteiger partial charge in [0.25, 0.3) is 0 Å². The fraction of sp³-hybridized carbons (Fsp3) is 0.261. The smallest absolute Gasteiger partial charge is 0.161 e. The van der Waals surface area contributed by atoms with Crippen LogP contribution in [0, 0.1) is 11.7 Å². The van der Waals surface area contributed by atoms with Gasteiger partial charge in [-0.05, 0) is 36.6 Å². The number of halogens is 1. The molecule has 0 amide bonds. The first kappa shape index (κ1) is 18.9. The Morgan fingerprint density at radius 1 is 1.00 bits per heavy atom. The van der Waals surface area contributed by atoms with Crippen molar-refractivity contribution >= 4 is 33.4 Å². The number of rotatable bonds is 6. The molecule has 0 bridgehead atoms. The summed E-state index contributed by atoms with van der Waals surface area (Å²) in [7, 11) is 0. The number of nitrogens with zero attached hydrogens (tertiary/aromatic N) is 5. The quantitative estimate of drug-likeness (QED) is 0.352. The van der Waals surface area contributed by atoms with E-state index in [9.17, 15) is 4.39 Å². The minimum Gasteiger partial charge on any atom is -0.326 e. The van der Waals surface area contributed by atoms with Gasteiger partial charge in [-0.15, -0.1) is 11.3 Å². The van der Waals surface area contributed by atoms with Crippen molar-refractivity contribution in [2.75, 3.05) is 0 Å². The first-order valence-electron chi connectivity index (χ1n) is 10.1. The highest BCUT2D eigenvalue weighted by Crippen LogP contribution is 2.27. The number of para-hydroxylation sites is 2. The highest BCUT2D eigenvalue weighted by molar-refractivity contribution is 7.07. The summed E-state index contributed by atoms with van der Waals surface area (Å²) in [5.41, 5.74) is 6.29. The van der Waals surface area contributed by atoms with Crippen LogP contribution >= 0.6 is 11.3 Å². The summed E-state index contributed by atoms with van der Waals surface area (Å²) in [6.45, 7) is 5.81. The summed E-state index contributed by atoms with van der Waals surface area (Å²) in [5, 5.41) is 2.01. The molecule has 3 heterocycles. The van der Waals surface area contributed by atoms with Crippen LogP contribution in [-0.2, 0) is 13.1 Å². The zero-order valence-electron chi connectivity index (χ0n) is 16.9. The number of fused-ring (bicyclic) bond motifs is 2. The van der Waals surface area contributed by atoms with Crippen molar-refractivity contribution in [2.24, 2.45) is 5.92 Å². The molecule has 7 heteroatoms. The van der Waals surface area contributed by atoms with Crippen LogP contribution in [0.15, 0.2) is 53.4 Å². The fourth-order valence-electron chi connectivity index (χ4n) is 3.81. The summed E-state index contributed by atoms with van der Waals surface area (Å²) in [6, 6.07) is 12.9. The van der Waals surface area contributed by atoms with E-state index in [0.29, 0.717) is 18.0 Å². The topological polar surface area (TPSA) is 48.5 Å². The van der Waals surface area contributed by atoms with Gasteiger partial charge in [-0.25, -0.2) is 19.3 Å². The van der Waals surface area contributed by atoms with Gasteiger partial charge in [-0.3, -0.25) is 0 Å². The normalized spacial score (nSPS) is 11.9. The molecule has 0 aliphatic heterocycles. The highest BCUT2D eigenvalue weighted by Gasteiger charge is 2.18. The molecule has 152 valence electrons. The van der Waals surface area contributed by atoms with Gasteiger partial charge >= 0.3 is 0 Å². The van der Waals surface area contributed by atoms with Crippen molar-refractivity contribution in [1.29, 1.82) is 0 Å². The molecule has 30 heavy (non-hydrogen) atoms. The Labute approximate surface area is 177 Å². The SMILES string of the molecule is CC(C)CCn1c(Cn2c(-c3cscn3)nc3ccccc32)nc2cc(F)ccc21. The number of hydrogen-bond acceptors (Lipinski definition) is 4. The molecule has 2 aromatic carbocycles. The average molecular weight is 420 g/mol. The monoisotopic (exact) mass is 419 g/mol. The molecular weight excluding hydrogens is 397 g/mol. The van der Waals surface area contributed by atoms with E-state index in [1.54, 1.807) is 11.3 Å². The van der Waals surface area contributed by atoms with Gasteiger partial charge in [0.05, 0.1) is 34.1 Å². The predicted molar refractivity (Wildman–Crippen MR) is 119 cm³/mol. The first-order valence-corrected chi connectivity index (χ1v) is 11.0. The van der Waals surface area contributed by atoms with Crippen LogP contribution in [0.1, 0.15) is 26.1 Å². The van der Waals surface area contributed by atoms with Crippen LogP contribution in [0.3, 0.4) is 0 Å². The standard InChI is InChI=1S/C23H22FN5S/c1-15(2)9-10-28-21-8-7-16(24)11-18(21)26-22(28)12-29-20-6-4-3-5-17(20)27-23(29)19-13-30-14-25-19/h3-8,11,13-15H,9-10,12H2,1-2H3. The minimum atomic E-state index is -0.265. The highest BCUT2D eigenvalue weighted by atomic mass is 32.1. The van der Waals surface area contributed by atoms with Gasteiger partial charge in [-0.1, -0.05) is 26.0 Å². The number of imidazole rings is 2. The van der Waals surface area contributed by atoms with Crippen molar-refractivity contribution in [1.82, 2.24) is 24.1 Å². The van der Waals surface area contributed by atoms with E-state index >= 15 is 0 Å². The summed E-state index contributed by atoms with van der Waals surface area (Å²) >= 11 is 1.55. The summed E-state index contributed by atoms with van der Waals surface area (Å²) in [5.74, 6) is 2.02. The molecule has 0 aliphatic rings. The lowest BCUT2D eigenvalue weighted by molar-refractivity contribution is 0.508. The van der Waals surface area contributed by atoms with Crippen molar-refractivity contribution in [3.63, 3.8) is 0 Å². The Morgan fingerprint density at radius 2 is 1.83 bits per heavy atom. The van der Waals surface area contributed by atoms with E-state index in [1.165, 1.54) is 12.1 Å². The van der Waals surface area contributed by atoms with Crippen molar-refractivity contribution in [3.8, 4) is 11.5 Å². The van der Waals surface area contributed by atoms with E-state index in [0.717, 1.165) is 46.9 Å². The summed E-state index contributed by atoms with van der Waals surface area (Å²) < 4.78 is 18.2. The molecule has 0 aliphatic carbocycles. The minimum absolute atomic E-state index is 0.265. The molecule has 0 saturated heterocycles. The van der Waals surface area contributed by atoms with E-state index in [1.807, 2.05) is 35.2 Å². The number of aromatic nitrogens is 5. The molecule has 0 unspecified atom stereocenters.